The molecule has 18 atom stereocenters. The van der Waals surface area contributed by atoms with Gasteiger partial charge in [0.05, 0.1) is 89.4 Å². The normalized spacial score (nSPS) is 26.7. The summed E-state index contributed by atoms with van der Waals surface area (Å²) in [5.74, 6) is -3.53. The van der Waals surface area contributed by atoms with Crippen molar-refractivity contribution in [3.05, 3.63) is 122 Å². The Bertz CT molecular complexity index is 5510. The van der Waals surface area contributed by atoms with Gasteiger partial charge in [-0.05, 0) is 193 Å². The highest BCUT2D eigenvalue weighted by Crippen LogP contribution is 2.68. The van der Waals surface area contributed by atoms with E-state index in [9.17, 15) is 101 Å². The third kappa shape index (κ3) is 24.3. The number of ether oxygens (including phenoxy) is 10. The lowest BCUT2D eigenvalue weighted by Gasteiger charge is -2.61. The Morgan fingerprint density at radius 2 is 0.844 bits per heavy atom. The summed E-state index contributed by atoms with van der Waals surface area (Å²) in [6, 6.07) is 9.59. The lowest BCUT2D eigenvalue weighted by Crippen LogP contribution is -2.74. The van der Waals surface area contributed by atoms with Crippen molar-refractivity contribution >= 4 is 101 Å². The maximum Gasteiger partial charge on any atom is 0.446 e. The second-order valence-corrected chi connectivity index (χ2v) is 42.6. The Balaban J connectivity index is 0.000000189. The number of carbonyl (C=O) groups is 13. The number of carbonyl (C=O) groups excluding carboxylic acids is 13. The number of benzene rings is 3. The average Bonchev–Trinajstić information content (AvgIpc) is 1.53. The predicted octanol–water partition coefficient (Wildman–Crippen LogP) is 6.91. The number of hydroxylamine groups is 2. The van der Waals surface area contributed by atoms with Crippen LogP contribution < -0.4 is 41.6 Å². The summed E-state index contributed by atoms with van der Waals surface area (Å²) in [7, 11) is 6.03. The van der Waals surface area contributed by atoms with E-state index in [-0.39, 0.29) is 143 Å². The standard InChI is InChI=1S/C35H49N3O10.C30H41N3O8.C24H30N2O7.C11H17NO4.C2HF3O.CH2Cl2/c1-19(2)16-23(37-32(43)48-33(4,5)6)30(41)36-14-11-26(40)45-20(3)31(42)46-24-10-12-35(44)25-17-21-8-9-22(18-39)28-27(21)34(35,29(24)47-28)13-15-38(25)7;1-16(2)13-20(31)27(36)32-11-8-23(35)39-17(3)28(37)40-21-7-9-30(38)22-14-18-5-6-19(15-34)25-24(18)29(30,26(21)41-25)10-12-33(22)4;1-13(31-18(28)6-9-25)22(29)32-16-5-7-24(30)17-11-14-3-4-15(12-27)20-19(14)23(24,21(16)33-20)8-10-26(17)2;1-7(2)6-8(3)11(15)16-12-9(13)4-5-10(12)14;3-2(4,5)1-6;2-1-3/h8-10,19-20,23,25,29,39,44H,11-18H2,1-7H3,(H,36,41)(H,37,43);5-7,16-17,20,22,26,34,38H,8-15,31H2,1-4H3,(H,32,36);3-5,13,17,21,27,30H,6-12,25H2,1-2H3;7-8H,4-6H2,1-3H3;1H;1H2/t20-,23?,25+,29-,34-,35+;17-,20-,22+,26-,29-,30+;13-,17+,21-,23-,24+;8-;;/m0000../s1. The molecule has 0 saturated carbocycles. The summed E-state index contributed by atoms with van der Waals surface area (Å²) in [5.41, 5.74) is 12.3. The number of halogens is 5. The third-order valence-electron chi connectivity index (χ3n) is 29.4. The fourth-order valence-corrected chi connectivity index (χ4v) is 22.8. The monoisotopic (exact) mass is 2110 g/mol. The third-order valence-corrected chi connectivity index (χ3v) is 29.4. The number of nitrogens with zero attached hydrogens (tertiary/aromatic N) is 4. The highest BCUT2D eigenvalue weighted by Gasteiger charge is 2.76. The topological polar surface area (TPSA) is 546 Å². The summed E-state index contributed by atoms with van der Waals surface area (Å²) in [6.45, 7) is 24.6. The molecular weight excluding hydrogens is 1970 g/mol. The van der Waals surface area contributed by atoms with Crippen molar-refractivity contribution in [1.82, 2.24) is 35.7 Å². The van der Waals surface area contributed by atoms with Crippen LogP contribution in [-0.4, -0.2) is 289 Å². The molecule has 4 saturated heterocycles. The molecule has 4 fully saturated rings. The molecule has 3 aromatic carbocycles. The molecule has 812 valence electrons. The maximum absolute atomic E-state index is 13.2. The zero-order chi connectivity index (χ0) is 109. The van der Waals surface area contributed by atoms with Gasteiger partial charge in [0.1, 0.15) is 46.2 Å². The number of hydrogen-bond acceptors (Lipinski definition) is 35. The van der Waals surface area contributed by atoms with Crippen LogP contribution in [0.3, 0.4) is 0 Å². The fraction of sp³-hybridized carbons (Fsp3) is 0.641. The summed E-state index contributed by atoms with van der Waals surface area (Å²) < 4.78 is 89.0. The second-order valence-electron chi connectivity index (χ2n) is 41.8. The highest BCUT2D eigenvalue weighted by atomic mass is 35.5. The van der Waals surface area contributed by atoms with Crippen molar-refractivity contribution in [3.8, 4) is 17.2 Å². The first-order valence-corrected chi connectivity index (χ1v) is 50.8. The number of alkyl halides is 5. The number of nitrogens with two attached hydrogens (primary N) is 2. The minimum Gasteiger partial charge on any atom is -0.481 e. The van der Waals surface area contributed by atoms with Gasteiger partial charge in [0.25, 0.3) is 11.8 Å². The molecule has 3 aromatic rings. The van der Waals surface area contributed by atoms with Gasteiger partial charge >= 0.3 is 54.1 Å². The van der Waals surface area contributed by atoms with Gasteiger partial charge in [-0.1, -0.05) is 84.9 Å². The minimum atomic E-state index is -4.64. The number of piperidine rings is 3. The first-order chi connectivity index (χ1) is 69.1. The Kier molecular flexibility index (Phi) is 38.0. The van der Waals surface area contributed by atoms with Gasteiger partial charge in [0, 0.05) is 103 Å². The summed E-state index contributed by atoms with van der Waals surface area (Å²) >= 11 is 9.53. The van der Waals surface area contributed by atoms with Crippen LogP contribution in [0.1, 0.15) is 230 Å². The largest absolute Gasteiger partial charge is 0.481 e. The van der Waals surface area contributed by atoms with Gasteiger partial charge in [-0.3, -0.25) is 38.4 Å². The molecule has 6 aliphatic carbocycles. The average molecular weight is 2110 g/mol. The maximum atomic E-state index is 13.2. The van der Waals surface area contributed by atoms with Gasteiger partial charge < -0.3 is 125 Å². The van der Waals surface area contributed by atoms with E-state index >= 15 is 0 Å². The number of hydrogen-bond donors (Lipinski definition) is 11. The van der Waals surface area contributed by atoms with Crippen LogP contribution in [0.25, 0.3) is 0 Å². The van der Waals surface area contributed by atoms with Gasteiger partial charge in [0.15, 0.2) is 36.6 Å². The molecule has 39 nitrogen and oxygen atoms in total. The van der Waals surface area contributed by atoms with Crippen molar-refractivity contribution < 1.29 is 158 Å². The minimum absolute atomic E-state index is 0.0130. The molecule has 6 bridgehead atoms. The number of likely N-dealkylation sites (tertiary alicyclic amines) is 3. The molecule has 13 aliphatic rings. The number of alkyl carbamates (subject to hydrolysis) is 1. The number of likely N-dealkylation sites (N-methyl/N-ethyl adjacent to an activating group) is 3. The molecule has 13 N–H and O–H groups in total. The molecule has 5 amide bonds. The van der Waals surface area contributed by atoms with Crippen molar-refractivity contribution in [1.29, 1.82) is 0 Å². The van der Waals surface area contributed by atoms with Crippen molar-refractivity contribution in [2.24, 2.45) is 35.1 Å². The van der Waals surface area contributed by atoms with Crippen LogP contribution in [0.5, 0.6) is 17.2 Å². The number of imide groups is 1. The van der Waals surface area contributed by atoms with Crippen LogP contribution in [0, 0.1) is 23.7 Å². The van der Waals surface area contributed by atoms with E-state index in [4.69, 9.17) is 91.7 Å². The molecule has 0 radical (unpaired) electrons. The molecule has 147 heavy (non-hydrogen) atoms. The van der Waals surface area contributed by atoms with E-state index in [0.29, 0.717) is 121 Å². The molecule has 7 aliphatic heterocycles. The molecular formula is C103H140Cl2F3N9O30. The number of rotatable bonds is 31. The van der Waals surface area contributed by atoms with Crippen molar-refractivity contribution in [2.45, 2.75) is 331 Å². The number of aliphatic hydroxyl groups is 6. The zero-order valence-electron chi connectivity index (χ0n) is 85.8. The summed E-state index contributed by atoms with van der Waals surface area (Å²) in [5, 5.41) is 75.4. The number of amides is 5. The van der Waals surface area contributed by atoms with Crippen LogP contribution >= 0.6 is 23.2 Å². The van der Waals surface area contributed by atoms with Crippen molar-refractivity contribution in [3.63, 3.8) is 0 Å². The number of esters is 6. The van der Waals surface area contributed by atoms with Gasteiger partial charge in [-0.15, -0.1) is 28.3 Å². The fourth-order valence-electron chi connectivity index (χ4n) is 22.8. The SMILES string of the molecule is CC(C)CC(NC(=O)OC(C)(C)C)C(=O)NCCC(=O)O[C@@H](C)C(=O)OC1=CC[C@@]2(O)[C@H]3Cc4ccc(CO)c5c4[C@@]2(CCN3C)[C@H]1O5.CC(C)C[C@H](C)C(=O)ON1C(=O)CCC1=O.CC(C)C[C@H](N)C(=O)NCCC(=O)O[C@@H](C)C(=O)OC1=CC[C@@]2(O)[C@H]3Cc4ccc(CO)c5c4[C@@]2(CCN3C)[C@H]1O5.C[C@H](OC(=O)CCN)C(=O)OC1=CC[C@@]2(O)[C@H]3Cc4ccc(CO)c5c4[C@@]2(CCN3C)[C@H]1O5.ClCCl.O=CC(F)(F)F. The number of aldehydes is 1. The molecule has 44 heteroatoms. The van der Waals surface area contributed by atoms with E-state index in [0.717, 1.165) is 46.5 Å². The molecule has 7 heterocycles. The Labute approximate surface area is 861 Å². The van der Waals surface area contributed by atoms with Gasteiger partial charge in [0.2, 0.25) is 18.1 Å². The van der Waals surface area contributed by atoms with Gasteiger partial charge in [-0.25, -0.2) is 24.0 Å². The smallest absolute Gasteiger partial charge is 0.446 e. The Morgan fingerprint density at radius 3 is 1.15 bits per heavy atom. The lowest BCUT2D eigenvalue weighted by atomic mass is 9.50. The van der Waals surface area contributed by atoms with E-state index in [1.165, 1.54) is 20.8 Å². The van der Waals surface area contributed by atoms with Crippen molar-refractivity contribution in [2.75, 3.05) is 65.8 Å². The quantitative estimate of drug-likeness (QED) is 0.0102. The highest BCUT2D eigenvalue weighted by molar-refractivity contribution is 6.40. The van der Waals surface area contributed by atoms with Crippen LogP contribution in [0.2, 0.25) is 0 Å². The summed E-state index contributed by atoms with van der Waals surface area (Å²) in [4.78, 5) is 167. The molecule has 3 spiro atoms. The van der Waals surface area contributed by atoms with E-state index in [1.54, 1.807) is 45.9 Å². The Morgan fingerprint density at radius 1 is 0.517 bits per heavy atom. The summed E-state index contributed by atoms with van der Waals surface area (Å²) in [6.07, 6.45) is -1.14. The van der Waals surface area contributed by atoms with Crippen LogP contribution in [0.15, 0.2) is 71.9 Å². The Hall–Kier alpha value is -10.5. The van der Waals surface area contributed by atoms with E-state index in [2.05, 4.69) is 30.7 Å². The predicted molar refractivity (Wildman–Crippen MR) is 521 cm³/mol. The van der Waals surface area contributed by atoms with Crippen LogP contribution in [-0.2, 0) is 151 Å². The first kappa shape index (κ1) is 117. The van der Waals surface area contributed by atoms with Gasteiger partial charge in [-0.2, -0.15) is 13.2 Å². The molecule has 0 aromatic heterocycles. The molecule has 1 unspecified atom stereocenters. The lowest BCUT2D eigenvalue weighted by molar-refractivity contribution is -0.200. The first-order valence-electron chi connectivity index (χ1n) is 49.7. The van der Waals surface area contributed by atoms with E-state index in [1.807, 2.05) is 99.1 Å². The number of aliphatic hydroxyl groups excluding tert-OH is 3. The van der Waals surface area contributed by atoms with Crippen LogP contribution in [0.4, 0.5) is 18.0 Å². The molecule has 16 rings (SSSR count). The number of nitrogens with one attached hydrogen (secondary N) is 3. The zero-order valence-corrected chi connectivity index (χ0v) is 87.4. The second kappa shape index (κ2) is 47.8. The van der Waals surface area contributed by atoms with E-state index < -0.39 is 165 Å².